The molecule has 0 radical (unpaired) electrons. The van der Waals surface area contributed by atoms with Gasteiger partial charge in [-0.1, -0.05) is 12.1 Å². The number of halogens is 1. The van der Waals surface area contributed by atoms with E-state index in [-0.39, 0.29) is 24.5 Å². The van der Waals surface area contributed by atoms with E-state index in [0.29, 0.717) is 25.1 Å². The quantitative estimate of drug-likeness (QED) is 0.846. The summed E-state index contributed by atoms with van der Waals surface area (Å²) in [5, 5.41) is 19.3. The van der Waals surface area contributed by atoms with E-state index in [2.05, 4.69) is 0 Å². The minimum absolute atomic E-state index is 0.0303. The lowest BCUT2D eigenvalue weighted by atomic mass is 10.2. The van der Waals surface area contributed by atoms with Gasteiger partial charge in [0.05, 0.1) is 6.54 Å². The van der Waals surface area contributed by atoms with Crippen LogP contribution in [0.15, 0.2) is 33.9 Å². The number of hydrogen-bond acceptors (Lipinski definition) is 5. The molecule has 0 amide bonds. The number of rotatable bonds is 5. The predicted octanol–water partition coefficient (Wildman–Crippen LogP) is 0.407. The van der Waals surface area contributed by atoms with Crippen LogP contribution in [0.1, 0.15) is 17.7 Å². The van der Waals surface area contributed by atoms with Gasteiger partial charge in [-0.3, -0.25) is 13.9 Å². The van der Waals surface area contributed by atoms with Crippen molar-refractivity contribution in [2.24, 2.45) is 0 Å². The zero-order valence-electron chi connectivity index (χ0n) is 13.3. The van der Waals surface area contributed by atoms with Crippen molar-refractivity contribution in [3.63, 3.8) is 0 Å². The van der Waals surface area contributed by atoms with Crippen LogP contribution in [0.2, 0.25) is 0 Å². The summed E-state index contributed by atoms with van der Waals surface area (Å²) in [5.41, 5.74) is -0.891. The molecule has 0 aliphatic carbocycles. The van der Waals surface area contributed by atoms with Gasteiger partial charge in [0, 0.05) is 12.2 Å². The van der Waals surface area contributed by atoms with Crippen molar-refractivity contribution >= 4 is 0 Å². The molecule has 1 aromatic heterocycles. The summed E-state index contributed by atoms with van der Waals surface area (Å²) in [4.78, 5) is 24.8. The van der Waals surface area contributed by atoms with Crippen molar-refractivity contribution < 1.29 is 14.2 Å². The molecule has 3 rings (SSSR count). The Morgan fingerprint density at radius 1 is 1.36 bits per heavy atom. The maximum Gasteiger partial charge on any atom is 0.331 e. The fourth-order valence-electron chi connectivity index (χ4n) is 2.92. The third-order valence-electron chi connectivity index (χ3n) is 4.10. The fourth-order valence-corrected chi connectivity index (χ4v) is 2.92. The molecule has 0 bridgehead atoms. The van der Waals surface area contributed by atoms with E-state index < -0.39 is 23.2 Å². The number of nitrogens with zero attached hydrogens (tertiary/aromatic N) is 3. The largest absolute Gasteiger partial charge is 0.488 e. The van der Waals surface area contributed by atoms with Crippen molar-refractivity contribution in [1.29, 1.82) is 5.26 Å². The molecule has 25 heavy (non-hydrogen) atoms. The maximum absolute atomic E-state index is 13.5. The molecule has 1 aliphatic rings. The molecule has 2 aromatic rings. The van der Waals surface area contributed by atoms with Crippen LogP contribution in [-0.4, -0.2) is 27.0 Å². The first-order valence-corrected chi connectivity index (χ1v) is 7.85. The fraction of sp³-hybridized carbons (Fsp3) is 0.353. The highest BCUT2D eigenvalue weighted by Crippen LogP contribution is 2.16. The van der Waals surface area contributed by atoms with Crippen molar-refractivity contribution in [2.75, 3.05) is 6.61 Å². The zero-order valence-corrected chi connectivity index (χ0v) is 13.3. The van der Waals surface area contributed by atoms with Gasteiger partial charge in [-0.25, -0.2) is 9.18 Å². The molecule has 1 atom stereocenters. The number of para-hydroxylation sites is 1. The Morgan fingerprint density at radius 3 is 2.84 bits per heavy atom. The highest BCUT2D eigenvalue weighted by atomic mass is 19.1. The van der Waals surface area contributed by atoms with E-state index >= 15 is 0 Å². The highest BCUT2D eigenvalue weighted by Gasteiger charge is 2.23. The third kappa shape index (κ3) is 3.19. The van der Waals surface area contributed by atoms with Gasteiger partial charge < -0.3 is 9.84 Å². The Hall–Kier alpha value is -2.92. The van der Waals surface area contributed by atoms with E-state index in [0.717, 1.165) is 4.57 Å². The summed E-state index contributed by atoms with van der Waals surface area (Å²) in [6, 6.07) is 7.57. The summed E-state index contributed by atoms with van der Waals surface area (Å²) in [6.45, 7) is -0.192. The van der Waals surface area contributed by atoms with E-state index in [1.54, 1.807) is 6.07 Å². The van der Waals surface area contributed by atoms with Crippen LogP contribution >= 0.6 is 0 Å². The Morgan fingerprint density at radius 2 is 2.12 bits per heavy atom. The number of aliphatic hydroxyl groups is 1. The normalized spacial score (nSPS) is 14.0. The molecule has 7 nitrogen and oxygen atoms in total. The first-order valence-electron chi connectivity index (χ1n) is 7.85. The van der Waals surface area contributed by atoms with Crippen LogP contribution in [-0.2, 0) is 19.5 Å². The highest BCUT2D eigenvalue weighted by molar-refractivity contribution is 5.33. The second-order valence-electron chi connectivity index (χ2n) is 5.78. The molecule has 8 heteroatoms. The Kier molecular flexibility index (Phi) is 4.67. The molecule has 0 fully saturated rings. The predicted molar refractivity (Wildman–Crippen MR) is 85.9 cm³/mol. The molecule has 1 aromatic carbocycles. The first-order chi connectivity index (χ1) is 12.0. The lowest BCUT2D eigenvalue weighted by Crippen LogP contribution is -2.44. The molecule has 0 unspecified atom stereocenters. The molecule has 1 N–H and O–H groups in total. The van der Waals surface area contributed by atoms with Crippen molar-refractivity contribution in [2.45, 2.75) is 32.0 Å². The molecule has 1 aliphatic heterocycles. The average molecular weight is 345 g/mol. The van der Waals surface area contributed by atoms with Gasteiger partial charge in [0.2, 0.25) is 0 Å². The molecular weight excluding hydrogens is 329 g/mol. The lowest BCUT2D eigenvalue weighted by Gasteiger charge is -2.15. The number of hydrogen-bond donors (Lipinski definition) is 1. The van der Waals surface area contributed by atoms with E-state index in [4.69, 9.17) is 4.74 Å². The number of ether oxygens (including phenoxy) is 1. The number of aliphatic hydroxyl groups excluding tert-OH is 1. The SMILES string of the molecule is N#Cc1c2n(c(=O)n(C[C@H](O)COc3ccccc3F)c1=O)CCC2. The second-order valence-corrected chi connectivity index (χ2v) is 5.78. The van der Waals surface area contributed by atoms with Crippen LogP contribution in [0.5, 0.6) is 5.75 Å². The summed E-state index contributed by atoms with van der Waals surface area (Å²) >= 11 is 0. The van der Waals surface area contributed by atoms with Crippen LogP contribution < -0.4 is 16.0 Å². The average Bonchev–Trinajstić information content (AvgIpc) is 3.08. The molecule has 0 saturated carbocycles. The Labute approximate surface area is 142 Å². The van der Waals surface area contributed by atoms with Crippen molar-refractivity contribution in [3.05, 3.63) is 62.2 Å². The zero-order chi connectivity index (χ0) is 18.0. The summed E-state index contributed by atoms with van der Waals surface area (Å²) in [6.07, 6.45) is -0.0175. The monoisotopic (exact) mass is 345 g/mol. The third-order valence-corrected chi connectivity index (χ3v) is 4.10. The minimum Gasteiger partial charge on any atom is -0.488 e. The van der Waals surface area contributed by atoms with Gasteiger partial charge in [0.1, 0.15) is 24.3 Å². The lowest BCUT2D eigenvalue weighted by molar-refractivity contribution is 0.0880. The molecule has 2 heterocycles. The molecule has 0 saturated heterocycles. The Balaban J connectivity index is 1.81. The van der Waals surface area contributed by atoms with Crippen LogP contribution in [0.25, 0.3) is 0 Å². The molecular formula is C17H16FN3O4. The maximum atomic E-state index is 13.5. The van der Waals surface area contributed by atoms with Gasteiger partial charge in [-0.05, 0) is 25.0 Å². The number of aromatic nitrogens is 2. The smallest absolute Gasteiger partial charge is 0.331 e. The Bertz CT molecular complexity index is 958. The van der Waals surface area contributed by atoms with Crippen molar-refractivity contribution in [3.8, 4) is 11.8 Å². The molecule has 0 spiro atoms. The number of fused-ring (bicyclic) bond motifs is 1. The summed E-state index contributed by atoms with van der Waals surface area (Å²) in [7, 11) is 0. The van der Waals surface area contributed by atoms with Crippen LogP contribution in [0.4, 0.5) is 4.39 Å². The summed E-state index contributed by atoms with van der Waals surface area (Å²) < 4.78 is 20.9. The minimum atomic E-state index is -1.21. The van der Waals surface area contributed by atoms with Gasteiger partial charge >= 0.3 is 5.69 Å². The first kappa shape index (κ1) is 16.9. The number of benzene rings is 1. The van der Waals surface area contributed by atoms with E-state index in [9.17, 15) is 24.3 Å². The second kappa shape index (κ2) is 6.91. The van der Waals surface area contributed by atoms with Gasteiger partial charge in [-0.15, -0.1) is 0 Å². The van der Waals surface area contributed by atoms with Gasteiger partial charge in [0.15, 0.2) is 11.6 Å². The topological polar surface area (TPSA) is 97.2 Å². The van der Waals surface area contributed by atoms with Crippen LogP contribution in [0, 0.1) is 17.1 Å². The van der Waals surface area contributed by atoms with Gasteiger partial charge in [0.25, 0.3) is 5.56 Å². The molecule has 130 valence electrons. The standard InChI is InChI=1S/C17H16FN3O4/c18-13-4-1-2-6-15(13)25-10-11(22)9-21-16(23)12(8-19)14-5-3-7-20(14)17(21)24/h1-2,4,6,11,22H,3,5,7,9-10H2/t11-/m0/s1. The summed E-state index contributed by atoms with van der Waals surface area (Å²) in [5.74, 6) is -0.603. The van der Waals surface area contributed by atoms with Crippen LogP contribution in [0.3, 0.4) is 0 Å². The van der Waals surface area contributed by atoms with Gasteiger partial charge in [-0.2, -0.15) is 5.26 Å². The van der Waals surface area contributed by atoms with E-state index in [1.165, 1.54) is 22.8 Å². The van der Waals surface area contributed by atoms with Crippen molar-refractivity contribution in [1.82, 2.24) is 9.13 Å². The number of nitriles is 1. The van der Waals surface area contributed by atoms with E-state index in [1.807, 2.05) is 6.07 Å².